The lowest BCUT2D eigenvalue weighted by Crippen LogP contribution is -1.96. The fourth-order valence-electron chi connectivity index (χ4n) is 0.795. The number of halogens is 1. The van der Waals surface area contributed by atoms with E-state index in [1.807, 2.05) is 24.3 Å². The highest BCUT2D eigenvalue weighted by Crippen LogP contribution is 2.20. The third-order valence-electron chi connectivity index (χ3n) is 1.24. The molecule has 1 aromatic rings. The van der Waals surface area contributed by atoms with Crippen molar-refractivity contribution in [3.63, 3.8) is 0 Å². The normalized spacial score (nSPS) is 9.40. The van der Waals surface area contributed by atoms with E-state index in [2.05, 4.69) is 28.2 Å². The van der Waals surface area contributed by atoms with Gasteiger partial charge >= 0.3 is 0 Å². The summed E-state index contributed by atoms with van der Waals surface area (Å²) in [5.74, 6) is 0. The highest BCUT2D eigenvalue weighted by atomic mass is 79.9. The first kappa shape index (κ1) is 7.61. The summed E-state index contributed by atoms with van der Waals surface area (Å²) in [5.41, 5.74) is 1.16. The van der Waals surface area contributed by atoms with E-state index in [9.17, 15) is 0 Å². The molecule has 0 amide bonds. The van der Waals surface area contributed by atoms with Gasteiger partial charge in [-0.3, -0.25) is 0 Å². The fraction of sp³-hybridized carbons (Fsp3) is 0.250. The summed E-state index contributed by atoms with van der Waals surface area (Å²) in [6.07, 6.45) is 0. The maximum Gasteiger partial charge on any atom is 0.0484 e. The van der Waals surface area contributed by atoms with Crippen molar-refractivity contribution in [2.75, 3.05) is 11.9 Å². The van der Waals surface area contributed by atoms with Crippen molar-refractivity contribution < 1.29 is 0 Å². The SMILES string of the molecule is CCNc1ccccc1Br. The van der Waals surface area contributed by atoms with Gasteiger partial charge in [0, 0.05) is 16.7 Å². The van der Waals surface area contributed by atoms with Crippen molar-refractivity contribution in [2.45, 2.75) is 6.92 Å². The molecule has 0 saturated carbocycles. The molecule has 1 rings (SSSR count). The number of hydrogen-bond acceptors (Lipinski definition) is 1. The van der Waals surface area contributed by atoms with Crippen molar-refractivity contribution in [3.05, 3.63) is 28.7 Å². The highest BCUT2D eigenvalue weighted by Gasteiger charge is 1.92. The maximum absolute atomic E-state index is 3.43. The zero-order valence-corrected chi connectivity index (χ0v) is 7.48. The molecule has 1 aromatic carbocycles. The van der Waals surface area contributed by atoms with Gasteiger partial charge in [0.2, 0.25) is 0 Å². The van der Waals surface area contributed by atoms with Crippen molar-refractivity contribution in [1.82, 2.24) is 0 Å². The van der Waals surface area contributed by atoms with Gasteiger partial charge in [0.1, 0.15) is 0 Å². The minimum atomic E-state index is 0.961. The molecule has 0 aliphatic carbocycles. The van der Waals surface area contributed by atoms with Crippen LogP contribution in [0.25, 0.3) is 0 Å². The third kappa shape index (κ3) is 1.74. The van der Waals surface area contributed by atoms with Crippen molar-refractivity contribution in [3.8, 4) is 0 Å². The lowest BCUT2D eigenvalue weighted by Gasteiger charge is -2.03. The zero-order valence-electron chi connectivity index (χ0n) is 5.89. The van der Waals surface area contributed by atoms with Crippen LogP contribution in [0.1, 0.15) is 6.92 Å². The minimum absolute atomic E-state index is 0.961. The summed E-state index contributed by atoms with van der Waals surface area (Å²) >= 11 is 3.43. The summed E-state index contributed by atoms with van der Waals surface area (Å²) in [6.45, 7) is 3.04. The molecule has 0 fully saturated rings. The number of benzene rings is 1. The quantitative estimate of drug-likeness (QED) is 0.773. The first-order chi connectivity index (χ1) is 4.84. The molecule has 0 heterocycles. The second-order valence-corrected chi connectivity index (χ2v) is 2.86. The molecule has 0 atom stereocenters. The minimum Gasteiger partial charge on any atom is -0.384 e. The molecule has 0 saturated heterocycles. The zero-order chi connectivity index (χ0) is 7.40. The lowest BCUT2D eigenvalue weighted by molar-refractivity contribution is 1.21. The van der Waals surface area contributed by atoms with Crippen LogP contribution < -0.4 is 5.32 Å². The first-order valence-electron chi connectivity index (χ1n) is 3.33. The van der Waals surface area contributed by atoms with Crippen LogP contribution in [0.15, 0.2) is 28.7 Å². The molecule has 2 heteroatoms. The van der Waals surface area contributed by atoms with Crippen molar-refractivity contribution in [1.29, 1.82) is 0 Å². The Morgan fingerprint density at radius 2 is 2.10 bits per heavy atom. The van der Waals surface area contributed by atoms with Crippen LogP contribution in [-0.4, -0.2) is 6.54 Å². The summed E-state index contributed by atoms with van der Waals surface area (Å²) in [6, 6.07) is 8.10. The van der Waals surface area contributed by atoms with Crippen LogP contribution >= 0.6 is 15.9 Å². The largest absolute Gasteiger partial charge is 0.384 e. The third-order valence-corrected chi connectivity index (χ3v) is 1.93. The number of para-hydroxylation sites is 1. The predicted octanol–water partition coefficient (Wildman–Crippen LogP) is 2.88. The molecule has 54 valence electrons. The monoisotopic (exact) mass is 199 g/mol. The number of anilines is 1. The van der Waals surface area contributed by atoms with Crippen LogP contribution in [-0.2, 0) is 0 Å². The van der Waals surface area contributed by atoms with Crippen molar-refractivity contribution >= 4 is 21.6 Å². The van der Waals surface area contributed by atoms with Gasteiger partial charge in [-0.15, -0.1) is 0 Å². The van der Waals surface area contributed by atoms with Gasteiger partial charge in [0.05, 0.1) is 0 Å². The number of nitrogens with one attached hydrogen (secondary N) is 1. The van der Waals surface area contributed by atoms with E-state index in [4.69, 9.17) is 0 Å². The topological polar surface area (TPSA) is 12.0 Å². The van der Waals surface area contributed by atoms with E-state index >= 15 is 0 Å². The molecule has 0 aliphatic rings. The van der Waals surface area contributed by atoms with Crippen LogP contribution in [0.5, 0.6) is 0 Å². The summed E-state index contributed by atoms with van der Waals surface area (Å²) in [7, 11) is 0. The Hall–Kier alpha value is -0.500. The Kier molecular flexibility index (Phi) is 2.75. The molecule has 1 N–H and O–H groups in total. The molecule has 0 radical (unpaired) electrons. The lowest BCUT2D eigenvalue weighted by atomic mass is 10.3. The molecule has 0 spiro atoms. The molecular formula is C8H10BrN. The van der Waals surface area contributed by atoms with E-state index in [0.717, 1.165) is 16.7 Å². The summed E-state index contributed by atoms with van der Waals surface area (Å²) < 4.78 is 1.12. The predicted molar refractivity (Wildman–Crippen MR) is 48.3 cm³/mol. The van der Waals surface area contributed by atoms with Crippen LogP contribution in [0, 0.1) is 0 Å². The van der Waals surface area contributed by atoms with E-state index in [1.54, 1.807) is 0 Å². The second kappa shape index (κ2) is 3.62. The number of hydrogen-bond donors (Lipinski definition) is 1. The average molecular weight is 200 g/mol. The number of rotatable bonds is 2. The first-order valence-corrected chi connectivity index (χ1v) is 4.12. The van der Waals surface area contributed by atoms with Gasteiger partial charge in [-0.05, 0) is 35.0 Å². The smallest absolute Gasteiger partial charge is 0.0484 e. The molecule has 1 nitrogen and oxygen atoms in total. The Balaban J connectivity index is 2.81. The Bertz CT molecular complexity index is 210. The highest BCUT2D eigenvalue weighted by molar-refractivity contribution is 9.10. The van der Waals surface area contributed by atoms with Crippen molar-refractivity contribution in [2.24, 2.45) is 0 Å². The Labute approximate surface area is 69.6 Å². The molecule has 10 heavy (non-hydrogen) atoms. The van der Waals surface area contributed by atoms with Gasteiger partial charge in [-0.1, -0.05) is 12.1 Å². The molecule has 0 aromatic heterocycles. The molecular weight excluding hydrogens is 190 g/mol. The maximum atomic E-state index is 3.43. The van der Waals surface area contributed by atoms with Gasteiger partial charge in [-0.2, -0.15) is 0 Å². The van der Waals surface area contributed by atoms with Crippen LogP contribution in [0.2, 0.25) is 0 Å². The van der Waals surface area contributed by atoms with E-state index in [1.165, 1.54) is 0 Å². The Morgan fingerprint density at radius 1 is 1.40 bits per heavy atom. The molecule has 0 bridgehead atoms. The second-order valence-electron chi connectivity index (χ2n) is 2.01. The molecule has 0 aliphatic heterocycles. The summed E-state index contributed by atoms with van der Waals surface area (Å²) in [5, 5.41) is 3.23. The Morgan fingerprint density at radius 3 is 2.70 bits per heavy atom. The fourth-order valence-corrected chi connectivity index (χ4v) is 1.22. The standard InChI is InChI=1S/C8H10BrN/c1-2-10-8-6-4-3-5-7(8)9/h3-6,10H,2H2,1H3. The van der Waals surface area contributed by atoms with E-state index in [-0.39, 0.29) is 0 Å². The van der Waals surface area contributed by atoms with Crippen LogP contribution in [0.4, 0.5) is 5.69 Å². The molecule has 0 unspecified atom stereocenters. The van der Waals surface area contributed by atoms with Crippen LogP contribution in [0.3, 0.4) is 0 Å². The average Bonchev–Trinajstić information content (AvgIpc) is 1.94. The van der Waals surface area contributed by atoms with Gasteiger partial charge in [-0.25, -0.2) is 0 Å². The van der Waals surface area contributed by atoms with Gasteiger partial charge in [0.25, 0.3) is 0 Å². The van der Waals surface area contributed by atoms with E-state index < -0.39 is 0 Å². The van der Waals surface area contributed by atoms with Gasteiger partial charge < -0.3 is 5.32 Å². The summed E-state index contributed by atoms with van der Waals surface area (Å²) in [4.78, 5) is 0. The van der Waals surface area contributed by atoms with E-state index in [0.29, 0.717) is 0 Å². The van der Waals surface area contributed by atoms with Gasteiger partial charge in [0.15, 0.2) is 0 Å².